The number of carbonyl (C=O) groups excluding carboxylic acids is 2. The normalized spacial score (nSPS) is 15.8. The Balaban J connectivity index is 1.33. The minimum atomic E-state index is -0.174. The molecule has 5 rings (SSSR count). The van der Waals surface area contributed by atoms with E-state index < -0.39 is 0 Å². The third-order valence-electron chi connectivity index (χ3n) is 5.81. The number of fused-ring (bicyclic) bond motifs is 1. The molecule has 31 heavy (non-hydrogen) atoms. The fourth-order valence-corrected chi connectivity index (χ4v) is 4.93. The van der Waals surface area contributed by atoms with Gasteiger partial charge in [-0.3, -0.25) is 9.59 Å². The van der Waals surface area contributed by atoms with Gasteiger partial charge in [-0.2, -0.15) is 0 Å². The van der Waals surface area contributed by atoms with Gasteiger partial charge in [0.25, 0.3) is 5.91 Å². The second-order valence-corrected chi connectivity index (χ2v) is 9.38. The van der Waals surface area contributed by atoms with Crippen LogP contribution in [0.1, 0.15) is 53.2 Å². The molecule has 7 nitrogen and oxygen atoms in total. The molecule has 8 heteroatoms. The molecule has 2 amide bonds. The van der Waals surface area contributed by atoms with Gasteiger partial charge in [0.15, 0.2) is 5.82 Å². The van der Waals surface area contributed by atoms with E-state index in [0.717, 1.165) is 66.4 Å². The Morgan fingerprint density at radius 2 is 1.97 bits per heavy atom. The molecule has 0 atom stereocenters. The summed E-state index contributed by atoms with van der Waals surface area (Å²) in [5.41, 5.74) is 2.51. The van der Waals surface area contributed by atoms with Gasteiger partial charge in [0.05, 0.1) is 9.88 Å². The van der Waals surface area contributed by atoms with E-state index in [1.54, 1.807) is 0 Å². The van der Waals surface area contributed by atoms with Crippen LogP contribution in [0, 0.1) is 12.8 Å². The molecule has 0 radical (unpaired) electrons. The predicted octanol–water partition coefficient (Wildman–Crippen LogP) is 4.64. The highest BCUT2D eigenvalue weighted by Gasteiger charge is 2.30. The molecule has 1 aromatic carbocycles. The number of hydrogen-bond acceptors (Lipinski definition) is 5. The first-order valence-electron chi connectivity index (χ1n) is 10.8. The van der Waals surface area contributed by atoms with Gasteiger partial charge in [-0.15, -0.1) is 21.5 Å². The minimum absolute atomic E-state index is 0.0494. The monoisotopic (exact) mass is 435 g/mol. The van der Waals surface area contributed by atoms with Crippen LogP contribution in [-0.2, 0) is 17.8 Å². The number of nitrogens with one attached hydrogen (secondary N) is 2. The Bertz CT molecular complexity index is 1140. The molecule has 3 aromatic rings. The quantitative estimate of drug-likeness (QED) is 0.611. The maximum atomic E-state index is 12.9. The van der Waals surface area contributed by atoms with E-state index in [4.69, 9.17) is 0 Å². The molecule has 0 spiro atoms. The Morgan fingerprint density at radius 3 is 2.81 bits per heavy atom. The lowest BCUT2D eigenvalue weighted by atomic mass is 10.1. The molecule has 160 valence electrons. The lowest BCUT2D eigenvalue weighted by Gasteiger charge is -2.09. The van der Waals surface area contributed by atoms with Crippen LogP contribution in [0.25, 0.3) is 11.4 Å². The number of amides is 2. The van der Waals surface area contributed by atoms with Crippen molar-refractivity contribution in [1.82, 2.24) is 14.8 Å². The van der Waals surface area contributed by atoms with E-state index in [9.17, 15) is 9.59 Å². The van der Waals surface area contributed by atoms with Crippen molar-refractivity contribution in [3.63, 3.8) is 0 Å². The second kappa shape index (κ2) is 8.26. The molecule has 1 aliphatic carbocycles. The Hall–Kier alpha value is -3.00. The molecule has 1 saturated carbocycles. The molecule has 0 unspecified atom stereocenters. The summed E-state index contributed by atoms with van der Waals surface area (Å²) in [6.45, 7) is 2.82. The van der Waals surface area contributed by atoms with E-state index >= 15 is 0 Å². The molecule has 0 saturated heterocycles. The van der Waals surface area contributed by atoms with Crippen LogP contribution in [0.3, 0.4) is 0 Å². The van der Waals surface area contributed by atoms with Crippen molar-refractivity contribution in [2.45, 2.75) is 52.0 Å². The van der Waals surface area contributed by atoms with E-state index in [-0.39, 0.29) is 17.7 Å². The Kier molecular flexibility index (Phi) is 5.31. The SMILES string of the molecule is Cc1cc(NC(=O)C2CC2)sc1C(=O)Nc1cccc(-c2nnc3n2CCCCC3)c1. The average molecular weight is 436 g/mol. The Labute approximate surface area is 184 Å². The second-order valence-electron chi connectivity index (χ2n) is 8.32. The van der Waals surface area contributed by atoms with Gasteiger partial charge < -0.3 is 15.2 Å². The fourth-order valence-electron chi connectivity index (χ4n) is 3.96. The molecule has 1 aliphatic heterocycles. The van der Waals surface area contributed by atoms with Crippen molar-refractivity contribution in [2.75, 3.05) is 10.6 Å². The van der Waals surface area contributed by atoms with Crippen LogP contribution in [-0.4, -0.2) is 26.6 Å². The van der Waals surface area contributed by atoms with Crippen LogP contribution >= 0.6 is 11.3 Å². The van der Waals surface area contributed by atoms with Gasteiger partial charge in [-0.1, -0.05) is 18.6 Å². The molecule has 0 bridgehead atoms. The summed E-state index contributed by atoms with van der Waals surface area (Å²) >= 11 is 1.31. The first-order chi connectivity index (χ1) is 15.1. The Morgan fingerprint density at radius 1 is 1.10 bits per heavy atom. The van der Waals surface area contributed by atoms with Crippen molar-refractivity contribution < 1.29 is 9.59 Å². The summed E-state index contributed by atoms with van der Waals surface area (Å²) in [5.74, 6) is 1.90. The number of carbonyl (C=O) groups is 2. The highest BCUT2D eigenvalue weighted by atomic mass is 32.1. The molecule has 2 N–H and O–H groups in total. The van der Waals surface area contributed by atoms with Crippen molar-refractivity contribution in [3.05, 3.63) is 46.6 Å². The zero-order valence-corrected chi connectivity index (χ0v) is 18.3. The third kappa shape index (κ3) is 4.25. The zero-order valence-electron chi connectivity index (χ0n) is 17.5. The first-order valence-corrected chi connectivity index (χ1v) is 11.7. The van der Waals surface area contributed by atoms with Crippen LogP contribution < -0.4 is 10.6 Å². The van der Waals surface area contributed by atoms with E-state index in [1.165, 1.54) is 17.8 Å². The van der Waals surface area contributed by atoms with Gasteiger partial charge in [0.1, 0.15) is 5.82 Å². The molecular weight excluding hydrogens is 410 g/mol. The summed E-state index contributed by atoms with van der Waals surface area (Å²) in [4.78, 5) is 25.5. The lowest BCUT2D eigenvalue weighted by Crippen LogP contribution is -2.12. The summed E-state index contributed by atoms with van der Waals surface area (Å²) in [5, 5.41) is 15.4. The van der Waals surface area contributed by atoms with Crippen molar-refractivity contribution in [2.24, 2.45) is 5.92 Å². The number of thiophene rings is 1. The van der Waals surface area contributed by atoms with Gasteiger partial charge in [0.2, 0.25) is 5.91 Å². The molecule has 2 aromatic heterocycles. The zero-order chi connectivity index (χ0) is 21.4. The van der Waals surface area contributed by atoms with Crippen molar-refractivity contribution in [3.8, 4) is 11.4 Å². The maximum Gasteiger partial charge on any atom is 0.266 e. The van der Waals surface area contributed by atoms with Crippen LogP contribution in [0.5, 0.6) is 0 Å². The molecule has 1 fully saturated rings. The first kappa shape index (κ1) is 19.9. The largest absolute Gasteiger partial charge is 0.321 e. The molecular formula is C23H25N5O2S. The summed E-state index contributed by atoms with van der Waals surface area (Å²) in [7, 11) is 0. The number of nitrogens with zero attached hydrogens (tertiary/aromatic N) is 3. The van der Waals surface area contributed by atoms with Crippen molar-refractivity contribution in [1.29, 1.82) is 0 Å². The van der Waals surface area contributed by atoms with E-state index in [2.05, 4.69) is 25.4 Å². The summed E-state index contributed by atoms with van der Waals surface area (Å²) in [6.07, 6.45) is 6.36. The van der Waals surface area contributed by atoms with Crippen LogP contribution in [0.15, 0.2) is 30.3 Å². The standard InChI is InChI=1S/C23H25N5O2S/c1-14-12-19(25-22(29)15-9-10-15)31-20(14)23(30)24-17-7-5-6-16(13-17)21-27-26-18-8-3-2-4-11-28(18)21/h5-7,12-13,15H,2-4,8-11H2,1H3,(H,24,30)(H,25,29). The number of benzene rings is 1. The number of aryl methyl sites for hydroxylation is 2. The van der Waals surface area contributed by atoms with Gasteiger partial charge in [-0.05, 0) is 56.4 Å². The number of hydrogen-bond donors (Lipinski definition) is 2. The third-order valence-corrected chi connectivity index (χ3v) is 6.96. The van der Waals surface area contributed by atoms with Crippen LogP contribution in [0.2, 0.25) is 0 Å². The summed E-state index contributed by atoms with van der Waals surface area (Å²) in [6, 6.07) is 9.60. The van der Waals surface area contributed by atoms with E-state index in [0.29, 0.717) is 10.6 Å². The van der Waals surface area contributed by atoms with Gasteiger partial charge >= 0.3 is 0 Å². The number of rotatable bonds is 5. The number of aromatic nitrogens is 3. The average Bonchev–Trinajstić information content (AvgIpc) is 3.49. The smallest absolute Gasteiger partial charge is 0.266 e. The van der Waals surface area contributed by atoms with Crippen molar-refractivity contribution >= 4 is 33.8 Å². The topological polar surface area (TPSA) is 88.9 Å². The minimum Gasteiger partial charge on any atom is -0.321 e. The van der Waals surface area contributed by atoms with Gasteiger partial charge in [0, 0.05) is 30.1 Å². The van der Waals surface area contributed by atoms with Crippen LogP contribution in [0.4, 0.5) is 10.7 Å². The lowest BCUT2D eigenvalue weighted by molar-refractivity contribution is -0.117. The van der Waals surface area contributed by atoms with Gasteiger partial charge in [-0.25, -0.2) is 0 Å². The number of anilines is 2. The highest BCUT2D eigenvalue weighted by molar-refractivity contribution is 7.18. The fraction of sp³-hybridized carbons (Fsp3) is 0.391. The molecule has 2 aliphatic rings. The van der Waals surface area contributed by atoms with E-state index in [1.807, 2.05) is 37.3 Å². The molecule has 3 heterocycles. The summed E-state index contributed by atoms with van der Waals surface area (Å²) < 4.78 is 2.20. The maximum absolute atomic E-state index is 12.9. The highest BCUT2D eigenvalue weighted by Crippen LogP contribution is 2.33. The predicted molar refractivity (Wildman–Crippen MR) is 121 cm³/mol.